The number of benzene rings is 1. The molecule has 1 heterocycles. The zero-order valence-corrected chi connectivity index (χ0v) is 16.7. The van der Waals surface area contributed by atoms with Crippen molar-refractivity contribution >= 4 is 17.7 Å². The Bertz CT molecular complexity index is 572. The van der Waals surface area contributed by atoms with Gasteiger partial charge in [0.05, 0.1) is 13.7 Å². The van der Waals surface area contributed by atoms with Gasteiger partial charge >= 0.3 is 0 Å². The molecule has 25 heavy (non-hydrogen) atoms. The smallest absolute Gasteiger partial charge is 0.191 e. The van der Waals surface area contributed by atoms with Crippen molar-refractivity contribution in [1.82, 2.24) is 10.6 Å². The van der Waals surface area contributed by atoms with Crippen LogP contribution in [0.4, 0.5) is 0 Å². The van der Waals surface area contributed by atoms with Gasteiger partial charge < -0.3 is 20.1 Å². The standard InChI is InChI=1S/C19H31N3O2S/c1-5-20-18(22-14-19(25-4)8-10-24-11-9-19)21-13-16-7-6-15(2)12-17(16)23-3/h6-7,12H,5,8-11,13-14H2,1-4H3,(H2,20,21,22). The summed E-state index contributed by atoms with van der Waals surface area (Å²) >= 11 is 1.93. The molecule has 2 N–H and O–H groups in total. The summed E-state index contributed by atoms with van der Waals surface area (Å²) in [6.45, 7) is 8.17. The highest BCUT2D eigenvalue weighted by Gasteiger charge is 2.31. The average molecular weight is 366 g/mol. The lowest BCUT2D eigenvalue weighted by Gasteiger charge is -2.36. The number of aryl methyl sites for hydroxylation is 1. The SMILES string of the molecule is CCNC(=NCc1ccc(C)cc1OC)NCC1(SC)CCOCC1. The van der Waals surface area contributed by atoms with Crippen LogP contribution >= 0.6 is 11.8 Å². The van der Waals surface area contributed by atoms with Gasteiger partial charge in [0.15, 0.2) is 5.96 Å². The zero-order valence-electron chi connectivity index (χ0n) is 15.9. The molecule has 6 heteroatoms. The van der Waals surface area contributed by atoms with Crippen LogP contribution in [0.1, 0.15) is 30.9 Å². The second-order valence-electron chi connectivity index (χ2n) is 6.36. The fourth-order valence-corrected chi connectivity index (χ4v) is 3.72. The van der Waals surface area contributed by atoms with E-state index in [0.717, 1.165) is 56.4 Å². The van der Waals surface area contributed by atoms with Gasteiger partial charge in [0.2, 0.25) is 0 Å². The van der Waals surface area contributed by atoms with Crippen molar-refractivity contribution < 1.29 is 9.47 Å². The minimum atomic E-state index is 0.232. The number of hydrogen-bond donors (Lipinski definition) is 2. The Morgan fingerprint density at radius 3 is 2.72 bits per heavy atom. The Labute approximate surface area is 156 Å². The van der Waals surface area contributed by atoms with Gasteiger partial charge in [-0.25, -0.2) is 4.99 Å². The third-order valence-corrected chi connectivity index (χ3v) is 6.03. The van der Waals surface area contributed by atoms with Crippen molar-refractivity contribution in [2.24, 2.45) is 4.99 Å². The lowest BCUT2D eigenvalue weighted by molar-refractivity contribution is 0.0783. The van der Waals surface area contributed by atoms with Crippen LogP contribution in [0.5, 0.6) is 5.75 Å². The first-order chi connectivity index (χ1) is 12.1. The number of guanidine groups is 1. The molecular formula is C19H31N3O2S. The van der Waals surface area contributed by atoms with Crippen LogP contribution in [0, 0.1) is 6.92 Å². The molecule has 0 atom stereocenters. The molecule has 2 rings (SSSR count). The summed E-state index contributed by atoms with van der Waals surface area (Å²) in [5, 5.41) is 6.86. The van der Waals surface area contributed by atoms with E-state index in [0.29, 0.717) is 6.54 Å². The summed E-state index contributed by atoms with van der Waals surface area (Å²) in [7, 11) is 1.71. The molecule has 1 fully saturated rings. The highest BCUT2D eigenvalue weighted by Crippen LogP contribution is 2.33. The van der Waals surface area contributed by atoms with Crippen LogP contribution in [0.15, 0.2) is 23.2 Å². The summed E-state index contributed by atoms with van der Waals surface area (Å²) in [5.74, 6) is 1.75. The van der Waals surface area contributed by atoms with E-state index in [1.54, 1.807) is 7.11 Å². The summed E-state index contributed by atoms with van der Waals surface area (Å²) in [6.07, 6.45) is 4.34. The molecule has 1 saturated heterocycles. The first kappa shape index (κ1) is 19.9. The van der Waals surface area contributed by atoms with Crippen LogP contribution < -0.4 is 15.4 Å². The van der Waals surface area contributed by atoms with Crippen molar-refractivity contribution in [3.05, 3.63) is 29.3 Å². The van der Waals surface area contributed by atoms with Crippen LogP contribution in [-0.2, 0) is 11.3 Å². The largest absolute Gasteiger partial charge is 0.496 e. The van der Waals surface area contributed by atoms with E-state index < -0.39 is 0 Å². The second-order valence-corrected chi connectivity index (χ2v) is 7.64. The number of ether oxygens (including phenoxy) is 2. The molecular weight excluding hydrogens is 334 g/mol. The van der Waals surface area contributed by atoms with Crippen LogP contribution in [0.3, 0.4) is 0 Å². The minimum absolute atomic E-state index is 0.232. The Morgan fingerprint density at radius 1 is 1.32 bits per heavy atom. The van der Waals surface area contributed by atoms with Gasteiger partial charge in [0, 0.05) is 36.6 Å². The molecule has 1 aliphatic rings. The summed E-state index contributed by atoms with van der Waals surface area (Å²) in [4.78, 5) is 4.75. The summed E-state index contributed by atoms with van der Waals surface area (Å²) < 4.78 is 11.2. The lowest BCUT2D eigenvalue weighted by atomic mass is 9.99. The van der Waals surface area contributed by atoms with Crippen LogP contribution in [0.25, 0.3) is 0 Å². The quantitative estimate of drug-likeness (QED) is 0.575. The van der Waals surface area contributed by atoms with E-state index in [9.17, 15) is 0 Å². The molecule has 1 aromatic carbocycles. The molecule has 1 aliphatic heterocycles. The van der Waals surface area contributed by atoms with Gasteiger partial charge in [0.1, 0.15) is 5.75 Å². The first-order valence-corrected chi connectivity index (χ1v) is 10.1. The third-order valence-electron chi connectivity index (χ3n) is 4.61. The topological polar surface area (TPSA) is 54.9 Å². The van der Waals surface area contributed by atoms with E-state index in [1.165, 1.54) is 5.56 Å². The maximum Gasteiger partial charge on any atom is 0.191 e. The van der Waals surface area contributed by atoms with Crippen molar-refractivity contribution in [1.29, 1.82) is 0 Å². The van der Waals surface area contributed by atoms with E-state index in [1.807, 2.05) is 11.8 Å². The molecule has 0 aliphatic carbocycles. The van der Waals surface area contributed by atoms with Crippen molar-refractivity contribution in [2.75, 3.05) is 39.7 Å². The fraction of sp³-hybridized carbons (Fsp3) is 0.632. The van der Waals surface area contributed by atoms with Gasteiger partial charge in [-0.2, -0.15) is 11.8 Å². The van der Waals surface area contributed by atoms with Gasteiger partial charge in [-0.3, -0.25) is 0 Å². The highest BCUT2D eigenvalue weighted by atomic mass is 32.2. The van der Waals surface area contributed by atoms with Gasteiger partial charge in [-0.05, 0) is 44.6 Å². The van der Waals surface area contributed by atoms with Crippen LogP contribution in [-0.4, -0.2) is 50.4 Å². The number of nitrogens with one attached hydrogen (secondary N) is 2. The Balaban J connectivity index is 2.03. The molecule has 140 valence electrons. The van der Waals surface area contributed by atoms with Crippen molar-refractivity contribution in [2.45, 2.75) is 38.0 Å². The lowest BCUT2D eigenvalue weighted by Crippen LogP contribution is -2.47. The van der Waals surface area contributed by atoms with E-state index in [4.69, 9.17) is 14.5 Å². The minimum Gasteiger partial charge on any atom is -0.496 e. The predicted octanol–water partition coefficient (Wildman–Crippen LogP) is 2.97. The second kappa shape index (κ2) is 9.92. The Hall–Kier alpha value is -1.40. The molecule has 0 amide bonds. The first-order valence-electron chi connectivity index (χ1n) is 8.91. The molecule has 0 bridgehead atoms. The molecule has 0 aromatic heterocycles. The number of nitrogens with zero attached hydrogens (tertiary/aromatic N) is 1. The van der Waals surface area contributed by atoms with Gasteiger partial charge in [-0.15, -0.1) is 0 Å². The Kier molecular flexibility index (Phi) is 7.90. The predicted molar refractivity (Wildman–Crippen MR) is 107 cm³/mol. The molecule has 0 saturated carbocycles. The third kappa shape index (κ3) is 5.82. The van der Waals surface area contributed by atoms with Gasteiger partial charge in [0.25, 0.3) is 0 Å². The number of rotatable bonds is 7. The summed E-state index contributed by atoms with van der Waals surface area (Å²) in [6, 6.07) is 6.23. The van der Waals surface area contributed by atoms with E-state index in [2.05, 4.69) is 48.9 Å². The summed E-state index contributed by atoms with van der Waals surface area (Å²) in [5.41, 5.74) is 2.28. The number of thioether (sulfide) groups is 1. The van der Waals surface area contributed by atoms with Crippen molar-refractivity contribution in [3.63, 3.8) is 0 Å². The molecule has 0 unspecified atom stereocenters. The molecule has 0 spiro atoms. The van der Waals surface area contributed by atoms with E-state index in [-0.39, 0.29) is 4.75 Å². The number of methoxy groups -OCH3 is 1. The normalized spacial score (nSPS) is 17.2. The monoisotopic (exact) mass is 365 g/mol. The average Bonchev–Trinajstić information content (AvgIpc) is 2.65. The Morgan fingerprint density at radius 2 is 2.08 bits per heavy atom. The van der Waals surface area contributed by atoms with E-state index >= 15 is 0 Å². The maximum absolute atomic E-state index is 5.52. The van der Waals surface area contributed by atoms with Crippen molar-refractivity contribution in [3.8, 4) is 5.75 Å². The zero-order chi connectivity index (χ0) is 18.1. The number of aliphatic imine (C=N–C) groups is 1. The number of hydrogen-bond acceptors (Lipinski definition) is 4. The molecule has 5 nitrogen and oxygen atoms in total. The molecule has 0 radical (unpaired) electrons. The maximum atomic E-state index is 5.52. The van der Waals surface area contributed by atoms with Crippen LogP contribution in [0.2, 0.25) is 0 Å². The molecule has 1 aromatic rings. The van der Waals surface area contributed by atoms with Gasteiger partial charge in [-0.1, -0.05) is 12.1 Å². The highest BCUT2D eigenvalue weighted by molar-refractivity contribution is 8.00. The fourth-order valence-electron chi connectivity index (χ4n) is 2.93.